The molecular weight excluding hydrogens is 316 g/mol. The normalized spacial score (nSPS) is 17.1. The lowest BCUT2D eigenvalue weighted by Gasteiger charge is -2.35. The number of aliphatic hydroxyl groups excluding tert-OH is 1. The van der Waals surface area contributed by atoms with Crippen LogP contribution in [0.3, 0.4) is 0 Å². The van der Waals surface area contributed by atoms with E-state index in [0.29, 0.717) is 18.1 Å². The zero-order valence-electron chi connectivity index (χ0n) is 14.3. The highest BCUT2D eigenvalue weighted by Crippen LogP contribution is 2.30. The Balaban J connectivity index is 1.43. The molecule has 2 aromatic heterocycles. The Bertz CT molecular complexity index is 841. The average molecular weight is 338 g/mol. The van der Waals surface area contributed by atoms with Crippen LogP contribution in [0.15, 0.2) is 41.2 Å². The molecule has 0 radical (unpaired) electrons. The molecule has 1 aliphatic heterocycles. The van der Waals surface area contributed by atoms with E-state index >= 15 is 0 Å². The van der Waals surface area contributed by atoms with Crippen molar-refractivity contribution in [2.75, 3.05) is 18.0 Å². The number of rotatable bonds is 4. The fraction of sp³-hybridized carbons (Fsp3) is 0.421. The van der Waals surface area contributed by atoms with Crippen LogP contribution in [-0.4, -0.2) is 39.4 Å². The highest BCUT2D eigenvalue weighted by molar-refractivity contribution is 5.87. The van der Waals surface area contributed by atoms with E-state index in [0.717, 1.165) is 42.8 Å². The van der Waals surface area contributed by atoms with Crippen molar-refractivity contribution in [2.24, 2.45) is 5.92 Å². The molecule has 1 aromatic carbocycles. The second-order valence-corrected chi connectivity index (χ2v) is 6.73. The molecule has 1 saturated heterocycles. The molecule has 1 aliphatic rings. The number of aryl methyl sites for hydroxylation is 1. The fourth-order valence-corrected chi connectivity index (χ4v) is 3.66. The summed E-state index contributed by atoms with van der Waals surface area (Å²) in [4.78, 5) is 10.8. The van der Waals surface area contributed by atoms with Crippen LogP contribution in [0.25, 0.3) is 11.1 Å². The van der Waals surface area contributed by atoms with Gasteiger partial charge in [-0.3, -0.25) is 0 Å². The Kier molecular flexibility index (Phi) is 4.36. The Morgan fingerprint density at radius 1 is 1.20 bits per heavy atom. The van der Waals surface area contributed by atoms with Crippen molar-refractivity contribution < 1.29 is 9.63 Å². The lowest BCUT2D eigenvalue weighted by Crippen LogP contribution is -2.39. The molecule has 4 rings (SSSR count). The molecule has 1 fully saturated rings. The minimum absolute atomic E-state index is 0.299. The molecule has 3 heterocycles. The van der Waals surface area contributed by atoms with E-state index in [2.05, 4.69) is 32.2 Å². The van der Waals surface area contributed by atoms with Gasteiger partial charge in [0.05, 0.1) is 11.8 Å². The zero-order chi connectivity index (χ0) is 17.2. The third-order valence-corrected chi connectivity index (χ3v) is 5.09. The van der Waals surface area contributed by atoms with Crippen molar-refractivity contribution in [1.82, 2.24) is 15.1 Å². The second kappa shape index (κ2) is 6.80. The molecule has 0 aliphatic carbocycles. The summed E-state index contributed by atoms with van der Waals surface area (Å²) >= 11 is 0. The number of piperidine rings is 1. The van der Waals surface area contributed by atoms with E-state index in [4.69, 9.17) is 4.52 Å². The lowest BCUT2D eigenvalue weighted by atomic mass is 9.88. The summed E-state index contributed by atoms with van der Waals surface area (Å²) in [7, 11) is 0. The molecule has 0 bridgehead atoms. The van der Waals surface area contributed by atoms with E-state index in [9.17, 15) is 5.11 Å². The first-order valence-corrected chi connectivity index (χ1v) is 8.76. The van der Waals surface area contributed by atoms with Crippen molar-refractivity contribution in [3.05, 3.63) is 47.9 Å². The van der Waals surface area contributed by atoms with Gasteiger partial charge in [-0.15, -0.1) is 0 Å². The number of hydrogen-bond donors (Lipinski definition) is 1. The van der Waals surface area contributed by atoms with Crippen molar-refractivity contribution in [3.63, 3.8) is 0 Å². The molecule has 0 spiro atoms. The topological polar surface area (TPSA) is 75.3 Å². The zero-order valence-corrected chi connectivity index (χ0v) is 14.3. The quantitative estimate of drug-likeness (QED) is 0.788. The Morgan fingerprint density at radius 2 is 1.96 bits per heavy atom. The maximum atomic E-state index is 10.6. The summed E-state index contributed by atoms with van der Waals surface area (Å²) in [5.41, 5.74) is 2.54. The van der Waals surface area contributed by atoms with Crippen molar-refractivity contribution in [1.29, 1.82) is 0 Å². The molecule has 130 valence electrons. The van der Waals surface area contributed by atoms with E-state index in [1.54, 1.807) is 0 Å². The molecular formula is C19H22N4O2. The highest BCUT2D eigenvalue weighted by Gasteiger charge is 2.27. The summed E-state index contributed by atoms with van der Waals surface area (Å²) in [5.74, 6) is 1.21. The van der Waals surface area contributed by atoms with Crippen LogP contribution in [-0.2, 0) is 6.42 Å². The van der Waals surface area contributed by atoms with Gasteiger partial charge in [-0.1, -0.05) is 35.5 Å². The monoisotopic (exact) mass is 338 g/mol. The van der Waals surface area contributed by atoms with Crippen LogP contribution in [0.1, 0.15) is 24.1 Å². The number of fused-ring (bicyclic) bond motifs is 1. The number of benzene rings is 1. The maximum Gasteiger partial charge on any atom is 0.263 e. The van der Waals surface area contributed by atoms with Gasteiger partial charge in [-0.05, 0) is 37.7 Å². The first-order valence-electron chi connectivity index (χ1n) is 8.76. The lowest BCUT2D eigenvalue weighted by molar-refractivity contribution is 0.0929. The number of anilines is 1. The smallest absolute Gasteiger partial charge is 0.263 e. The molecule has 1 atom stereocenters. The Morgan fingerprint density at radius 3 is 2.72 bits per heavy atom. The molecule has 1 N–H and O–H groups in total. The van der Waals surface area contributed by atoms with Crippen LogP contribution in [0.5, 0.6) is 0 Å². The predicted octanol–water partition coefficient (Wildman–Crippen LogP) is 2.75. The van der Waals surface area contributed by atoms with E-state index in [-0.39, 0.29) is 6.10 Å². The van der Waals surface area contributed by atoms with Gasteiger partial charge < -0.3 is 14.5 Å². The van der Waals surface area contributed by atoms with Gasteiger partial charge in [0.15, 0.2) is 0 Å². The van der Waals surface area contributed by atoms with Crippen molar-refractivity contribution >= 4 is 16.9 Å². The second-order valence-electron chi connectivity index (χ2n) is 6.73. The summed E-state index contributed by atoms with van der Waals surface area (Å²) in [6.45, 7) is 3.65. The minimum Gasteiger partial charge on any atom is -0.392 e. The fourth-order valence-electron chi connectivity index (χ4n) is 3.66. The van der Waals surface area contributed by atoms with Crippen LogP contribution in [0.2, 0.25) is 0 Å². The van der Waals surface area contributed by atoms with Gasteiger partial charge >= 0.3 is 0 Å². The Labute approximate surface area is 146 Å². The highest BCUT2D eigenvalue weighted by atomic mass is 16.5. The minimum atomic E-state index is -0.299. The summed E-state index contributed by atoms with van der Waals surface area (Å²) in [5, 5.41) is 15.5. The molecule has 0 amide bonds. The number of aliphatic hydroxyl groups is 1. The van der Waals surface area contributed by atoms with Crippen molar-refractivity contribution in [2.45, 2.75) is 32.3 Å². The number of hydrogen-bond acceptors (Lipinski definition) is 6. The molecule has 0 saturated carbocycles. The predicted molar refractivity (Wildman–Crippen MR) is 95.4 cm³/mol. The molecule has 1 unspecified atom stereocenters. The number of aromatic nitrogens is 3. The third-order valence-electron chi connectivity index (χ3n) is 5.09. The largest absolute Gasteiger partial charge is 0.392 e. The summed E-state index contributed by atoms with van der Waals surface area (Å²) in [6, 6.07) is 10.2. The Hall–Kier alpha value is -2.47. The maximum absolute atomic E-state index is 10.6. The standard InChI is InChI=1S/C19H22N4O2/c1-13-17-18(20-12-21-19(17)25-22-13)23-9-7-15(8-10-23)16(24)11-14-5-3-2-4-6-14/h2-6,12,15-16,24H,7-11H2,1H3. The average Bonchev–Trinajstić information content (AvgIpc) is 3.04. The van der Waals surface area contributed by atoms with Crippen LogP contribution in [0, 0.1) is 12.8 Å². The van der Waals surface area contributed by atoms with E-state index < -0.39 is 0 Å². The van der Waals surface area contributed by atoms with Gasteiger partial charge in [0.1, 0.15) is 17.5 Å². The van der Waals surface area contributed by atoms with E-state index in [1.165, 1.54) is 11.9 Å². The van der Waals surface area contributed by atoms with Gasteiger partial charge in [0.25, 0.3) is 5.71 Å². The summed E-state index contributed by atoms with van der Waals surface area (Å²) in [6.07, 6.45) is 3.84. The van der Waals surface area contributed by atoms with Gasteiger partial charge in [-0.25, -0.2) is 4.98 Å². The van der Waals surface area contributed by atoms with Crippen LogP contribution >= 0.6 is 0 Å². The third kappa shape index (κ3) is 3.22. The SMILES string of the molecule is Cc1noc2ncnc(N3CCC(C(O)Cc4ccccc4)CC3)c12. The molecule has 6 nitrogen and oxygen atoms in total. The molecule has 25 heavy (non-hydrogen) atoms. The van der Waals surface area contributed by atoms with E-state index in [1.807, 2.05) is 25.1 Å². The first-order chi connectivity index (χ1) is 12.2. The molecule has 6 heteroatoms. The van der Waals surface area contributed by atoms with Crippen LogP contribution in [0.4, 0.5) is 5.82 Å². The van der Waals surface area contributed by atoms with Crippen molar-refractivity contribution in [3.8, 4) is 0 Å². The number of nitrogens with zero attached hydrogens (tertiary/aromatic N) is 4. The van der Waals surface area contributed by atoms with Crippen LogP contribution < -0.4 is 4.90 Å². The van der Waals surface area contributed by atoms with Gasteiger partial charge in [-0.2, -0.15) is 4.98 Å². The van der Waals surface area contributed by atoms with Gasteiger partial charge in [0.2, 0.25) is 0 Å². The summed E-state index contributed by atoms with van der Waals surface area (Å²) < 4.78 is 5.24. The molecule has 3 aromatic rings. The van der Waals surface area contributed by atoms with Gasteiger partial charge in [0, 0.05) is 13.1 Å². The first kappa shape index (κ1) is 16.0.